The first-order valence-corrected chi connectivity index (χ1v) is 7.75. The van der Waals surface area contributed by atoms with E-state index in [0.29, 0.717) is 5.92 Å². The third-order valence-corrected chi connectivity index (χ3v) is 3.91. The SMILES string of the molecule is COc1ccc2c(-c3ccc(CC(C)C)cc3)[c]ccc2c1. The lowest BCUT2D eigenvalue weighted by Gasteiger charge is -2.10. The van der Waals surface area contributed by atoms with E-state index in [9.17, 15) is 0 Å². The van der Waals surface area contributed by atoms with E-state index in [-0.39, 0.29) is 0 Å². The maximum atomic E-state index is 5.31. The van der Waals surface area contributed by atoms with Gasteiger partial charge in [-0.15, -0.1) is 0 Å². The summed E-state index contributed by atoms with van der Waals surface area (Å²) >= 11 is 0. The number of benzene rings is 3. The van der Waals surface area contributed by atoms with Crippen LogP contribution in [-0.2, 0) is 6.42 Å². The molecule has 1 heteroatoms. The molecule has 0 bridgehead atoms. The second-order valence-corrected chi connectivity index (χ2v) is 6.10. The average Bonchev–Trinajstić information content (AvgIpc) is 2.54. The molecule has 111 valence electrons. The molecule has 0 heterocycles. The maximum absolute atomic E-state index is 5.31. The van der Waals surface area contributed by atoms with Crippen LogP contribution in [0.25, 0.3) is 21.9 Å². The van der Waals surface area contributed by atoms with Gasteiger partial charge in [-0.1, -0.05) is 56.3 Å². The normalized spacial score (nSPS) is 11.1. The summed E-state index contributed by atoms with van der Waals surface area (Å²) in [4.78, 5) is 0. The lowest BCUT2D eigenvalue weighted by atomic mass is 9.96. The van der Waals surface area contributed by atoms with Crippen LogP contribution in [0.1, 0.15) is 19.4 Å². The highest BCUT2D eigenvalue weighted by Crippen LogP contribution is 2.30. The number of fused-ring (bicyclic) bond motifs is 1. The number of methoxy groups -OCH3 is 1. The molecule has 22 heavy (non-hydrogen) atoms. The summed E-state index contributed by atoms with van der Waals surface area (Å²) in [6.45, 7) is 4.50. The van der Waals surface area contributed by atoms with Gasteiger partial charge in [0, 0.05) is 0 Å². The molecule has 0 fully saturated rings. The summed E-state index contributed by atoms with van der Waals surface area (Å²) in [7, 11) is 1.70. The van der Waals surface area contributed by atoms with Crippen molar-refractivity contribution in [1.29, 1.82) is 0 Å². The topological polar surface area (TPSA) is 9.23 Å². The third kappa shape index (κ3) is 2.99. The molecule has 0 aliphatic heterocycles. The number of ether oxygens (including phenoxy) is 1. The van der Waals surface area contributed by atoms with E-state index in [2.05, 4.69) is 62.4 Å². The van der Waals surface area contributed by atoms with Crippen LogP contribution in [0, 0.1) is 12.0 Å². The van der Waals surface area contributed by atoms with E-state index in [1.807, 2.05) is 12.1 Å². The van der Waals surface area contributed by atoms with E-state index in [1.165, 1.54) is 21.9 Å². The summed E-state index contributed by atoms with van der Waals surface area (Å²) < 4.78 is 5.31. The fourth-order valence-corrected chi connectivity index (χ4v) is 2.84. The molecule has 0 unspecified atom stereocenters. The van der Waals surface area contributed by atoms with Crippen molar-refractivity contribution in [3.05, 3.63) is 66.2 Å². The van der Waals surface area contributed by atoms with Crippen molar-refractivity contribution in [2.75, 3.05) is 7.11 Å². The predicted octanol–water partition coefficient (Wildman–Crippen LogP) is 5.51. The van der Waals surface area contributed by atoms with Crippen LogP contribution in [0.5, 0.6) is 5.75 Å². The van der Waals surface area contributed by atoms with E-state index in [0.717, 1.165) is 17.7 Å². The minimum absolute atomic E-state index is 0.683. The minimum Gasteiger partial charge on any atom is -0.497 e. The predicted molar refractivity (Wildman–Crippen MR) is 93.3 cm³/mol. The molecule has 0 saturated heterocycles. The van der Waals surface area contributed by atoms with Gasteiger partial charge in [0.25, 0.3) is 0 Å². The largest absolute Gasteiger partial charge is 0.497 e. The van der Waals surface area contributed by atoms with Crippen LogP contribution in [0.15, 0.2) is 54.6 Å². The monoisotopic (exact) mass is 289 g/mol. The van der Waals surface area contributed by atoms with Crippen LogP contribution in [-0.4, -0.2) is 7.11 Å². The molecule has 1 radical (unpaired) electrons. The van der Waals surface area contributed by atoms with Gasteiger partial charge in [-0.25, -0.2) is 0 Å². The van der Waals surface area contributed by atoms with Gasteiger partial charge in [0.15, 0.2) is 0 Å². The Morgan fingerprint density at radius 3 is 2.45 bits per heavy atom. The van der Waals surface area contributed by atoms with Crippen molar-refractivity contribution in [2.24, 2.45) is 5.92 Å². The molecule has 0 atom stereocenters. The summed E-state index contributed by atoms with van der Waals surface area (Å²) in [5.41, 5.74) is 3.75. The molecule has 3 aromatic carbocycles. The summed E-state index contributed by atoms with van der Waals surface area (Å²) in [6, 6.07) is 22.5. The Balaban J connectivity index is 2.02. The van der Waals surface area contributed by atoms with Crippen molar-refractivity contribution in [3.8, 4) is 16.9 Å². The van der Waals surface area contributed by atoms with Crippen LogP contribution in [0.4, 0.5) is 0 Å². The molecule has 3 aromatic rings. The molecule has 0 aromatic heterocycles. The fraction of sp³-hybridized carbons (Fsp3) is 0.238. The zero-order valence-electron chi connectivity index (χ0n) is 13.4. The zero-order valence-corrected chi connectivity index (χ0v) is 13.4. The first-order chi connectivity index (χ1) is 10.7. The highest BCUT2D eigenvalue weighted by atomic mass is 16.5. The lowest BCUT2D eigenvalue weighted by molar-refractivity contribution is 0.415. The van der Waals surface area contributed by atoms with Crippen molar-refractivity contribution in [3.63, 3.8) is 0 Å². The van der Waals surface area contributed by atoms with E-state index in [1.54, 1.807) is 7.11 Å². The molecule has 0 aliphatic carbocycles. The van der Waals surface area contributed by atoms with Crippen LogP contribution >= 0.6 is 0 Å². The quantitative estimate of drug-likeness (QED) is 0.615. The van der Waals surface area contributed by atoms with Gasteiger partial charge in [-0.2, -0.15) is 0 Å². The van der Waals surface area contributed by atoms with Crippen molar-refractivity contribution >= 4 is 10.8 Å². The molecule has 0 amide bonds. The molecule has 0 saturated carbocycles. The molecular formula is C21H21O. The van der Waals surface area contributed by atoms with Gasteiger partial charge in [0.05, 0.1) is 7.11 Å². The van der Waals surface area contributed by atoms with Gasteiger partial charge in [-0.3, -0.25) is 0 Å². The Morgan fingerprint density at radius 1 is 1.00 bits per heavy atom. The van der Waals surface area contributed by atoms with Crippen LogP contribution < -0.4 is 4.74 Å². The Labute approximate surface area is 132 Å². The molecule has 0 spiro atoms. The van der Waals surface area contributed by atoms with Gasteiger partial charge in [0.2, 0.25) is 0 Å². The van der Waals surface area contributed by atoms with Crippen LogP contribution in [0.3, 0.4) is 0 Å². The van der Waals surface area contributed by atoms with E-state index < -0.39 is 0 Å². The zero-order chi connectivity index (χ0) is 15.5. The third-order valence-electron chi connectivity index (χ3n) is 3.91. The highest BCUT2D eigenvalue weighted by molar-refractivity contribution is 5.97. The average molecular weight is 289 g/mol. The van der Waals surface area contributed by atoms with Gasteiger partial charge < -0.3 is 4.74 Å². The lowest BCUT2D eigenvalue weighted by Crippen LogP contribution is -1.93. The van der Waals surface area contributed by atoms with E-state index in [4.69, 9.17) is 4.74 Å². The number of rotatable bonds is 4. The van der Waals surface area contributed by atoms with Gasteiger partial charge in [0.1, 0.15) is 5.75 Å². The second-order valence-electron chi connectivity index (χ2n) is 6.10. The van der Waals surface area contributed by atoms with Crippen LogP contribution in [0.2, 0.25) is 0 Å². The standard InChI is InChI=1S/C21H21O/c1-15(2)13-16-7-9-17(10-8-16)20-6-4-5-18-14-19(22-3)11-12-21(18)20/h4-5,7-12,14-15H,13H2,1-3H3. The molecule has 1 nitrogen and oxygen atoms in total. The highest BCUT2D eigenvalue weighted by Gasteiger charge is 2.06. The smallest absolute Gasteiger partial charge is 0.119 e. The molecule has 0 aliphatic rings. The first kappa shape index (κ1) is 14.6. The summed E-state index contributed by atoms with van der Waals surface area (Å²) in [5, 5.41) is 2.39. The number of hydrogen-bond acceptors (Lipinski definition) is 1. The van der Waals surface area contributed by atoms with Crippen molar-refractivity contribution in [2.45, 2.75) is 20.3 Å². The fourth-order valence-electron chi connectivity index (χ4n) is 2.84. The Hall–Kier alpha value is -2.28. The van der Waals surface area contributed by atoms with Crippen molar-refractivity contribution in [1.82, 2.24) is 0 Å². The summed E-state index contributed by atoms with van der Waals surface area (Å²) in [5.74, 6) is 1.57. The van der Waals surface area contributed by atoms with Gasteiger partial charge >= 0.3 is 0 Å². The Bertz CT molecular complexity index is 770. The first-order valence-electron chi connectivity index (χ1n) is 7.75. The van der Waals surface area contributed by atoms with Gasteiger partial charge in [-0.05, 0) is 58.0 Å². The molecule has 3 rings (SSSR count). The molecular weight excluding hydrogens is 268 g/mol. The minimum atomic E-state index is 0.683. The summed E-state index contributed by atoms with van der Waals surface area (Å²) in [6.07, 6.45) is 1.12. The van der Waals surface area contributed by atoms with Crippen molar-refractivity contribution < 1.29 is 4.74 Å². The second kappa shape index (κ2) is 6.23. The molecule has 0 N–H and O–H groups in total. The Morgan fingerprint density at radius 2 is 1.77 bits per heavy atom. The maximum Gasteiger partial charge on any atom is 0.119 e. The Kier molecular flexibility index (Phi) is 4.15. The number of hydrogen-bond donors (Lipinski definition) is 0. The van der Waals surface area contributed by atoms with E-state index >= 15 is 0 Å².